The molecule has 0 aliphatic carbocycles. The third kappa shape index (κ3) is 4.47. The van der Waals surface area contributed by atoms with E-state index in [0.717, 1.165) is 31.8 Å². The van der Waals surface area contributed by atoms with Crippen molar-refractivity contribution in [1.82, 2.24) is 9.97 Å². The first kappa shape index (κ1) is 19.2. The molecule has 1 aliphatic heterocycles. The van der Waals surface area contributed by atoms with Crippen molar-refractivity contribution in [3.8, 4) is 0 Å². The molecular weight excluding hydrogens is 335 g/mol. The Morgan fingerprint density at radius 3 is 2.25 bits per heavy atom. The first-order valence-corrected chi connectivity index (χ1v) is 11.1. The summed E-state index contributed by atoms with van der Waals surface area (Å²) in [4.78, 5) is 9.72. The summed E-state index contributed by atoms with van der Waals surface area (Å²) >= 11 is 0. The van der Waals surface area contributed by atoms with E-state index in [9.17, 15) is 13.2 Å². The highest BCUT2D eigenvalue weighted by Gasteiger charge is 2.40. The number of hydrogen-bond acceptors (Lipinski definition) is 4. The van der Waals surface area contributed by atoms with Gasteiger partial charge in [-0.2, -0.15) is 13.2 Å². The number of alkyl halides is 3. The van der Waals surface area contributed by atoms with E-state index < -0.39 is 20.1 Å². The average Bonchev–Trinajstić information content (AvgIpc) is 2.45. The molecule has 0 radical (unpaired) electrons. The van der Waals surface area contributed by atoms with E-state index in [0.29, 0.717) is 12.5 Å². The fourth-order valence-corrected chi connectivity index (χ4v) is 3.82. The third-order valence-electron chi connectivity index (χ3n) is 4.89. The quantitative estimate of drug-likeness (QED) is 0.744. The number of nitrogens with zero attached hydrogens (tertiary/aromatic N) is 3. The van der Waals surface area contributed by atoms with Gasteiger partial charge in [0.25, 0.3) is 0 Å². The van der Waals surface area contributed by atoms with Crippen LogP contribution in [-0.2, 0) is 10.6 Å². The number of piperidine rings is 1. The lowest BCUT2D eigenvalue weighted by atomic mass is 10.1. The number of rotatable bonds is 3. The van der Waals surface area contributed by atoms with Gasteiger partial charge in [0.2, 0.25) is 5.95 Å². The number of halogens is 3. The summed E-state index contributed by atoms with van der Waals surface area (Å²) in [5.74, 6) is 0.339. The van der Waals surface area contributed by atoms with E-state index in [4.69, 9.17) is 4.43 Å². The highest BCUT2D eigenvalue weighted by atomic mass is 28.4. The summed E-state index contributed by atoms with van der Waals surface area (Å²) in [7, 11) is -1.87. The second kappa shape index (κ2) is 6.63. The molecule has 0 bridgehead atoms. The molecule has 0 saturated carbocycles. The molecule has 0 N–H and O–H groups in total. The number of hydrogen-bond donors (Lipinski definition) is 0. The van der Waals surface area contributed by atoms with Crippen molar-refractivity contribution < 1.29 is 17.6 Å². The Morgan fingerprint density at radius 1 is 1.17 bits per heavy atom. The number of aromatic nitrogens is 2. The molecule has 4 nitrogen and oxygen atoms in total. The Morgan fingerprint density at radius 2 is 1.75 bits per heavy atom. The van der Waals surface area contributed by atoms with Crippen LogP contribution >= 0.6 is 0 Å². The van der Waals surface area contributed by atoms with Crippen molar-refractivity contribution >= 4 is 14.3 Å². The van der Waals surface area contributed by atoms with Crippen molar-refractivity contribution in [2.75, 3.05) is 18.0 Å². The van der Waals surface area contributed by atoms with Gasteiger partial charge in [0.1, 0.15) is 0 Å². The van der Waals surface area contributed by atoms with Gasteiger partial charge < -0.3 is 9.33 Å². The molecule has 0 unspecified atom stereocenters. The molecule has 0 amide bonds. The molecule has 24 heavy (non-hydrogen) atoms. The molecule has 8 heteroatoms. The van der Waals surface area contributed by atoms with Crippen LogP contribution in [0.1, 0.15) is 39.2 Å². The van der Waals surface area contributed by atoms with E-state index in [1.165, 1.54) is 0 Å². The highest BCUT2D eigenvalue weighted by Crippen LogP contribution is 2.38. The summed E-state index contributed by atoms with van der Waals surface area (Å²) in [5, 5.41) is 0.125. The molecule has 2 heterocycles. The highest BCUT2D eigenvalue weighted by molar-refractivity contribution is 6.74. The second-order valence-corrected chi connectivity index (χ2v) is 12.6. The summed E-state index contributed by atoms with van der Waals surface area (Å²) in [6.45, 7) is 12.4. The molecule has 0 spiro atoms. The Labute approximate surface area is 142 Å². The zero-order chi connectivity index (χ0) is 18.2. The Bertz CT molecular complexity index is 555. The standard InChI is InChI=1S/C16H26F3N3OSi/c1-15(2,3)24(4,5)23-13-7-6-8-22(11-13)14-20-9-12(10-21-14)16(17,18)19/h9-10,13H,6-8,11H2,1-5H3/t13-/m0/s1. The predicted octanol–water partition coefficient (Wildman–Crippen LogP) is 4.49. The molecule has 1 aromatic rings. The first-order chi connectivity index (χ1) is 10.9. The lowest BCUT2D eigenvalue weighted by Gasteiger charge is -2.42. The zero-order valence-corrected chi connectivity index (χ0v) is 15.9. The van der Waals surface area contributed by atoms with Crippen LogP contribution in [0.2, 0.25) is 18.1 Å². The van der Waals surface area contributed by atoms with Gasteiger partial charge in [0.15, 0.2) is 8.32 Å². The van der Waals surface area contributed by atoms with Crippen molar-refractivity contribution in [3.63, 3.8) is 0 Å². The molecular formula is C16H26F3N3OSi. The summed E-state index contributed by atoms with van der Waals surface area (Å²) in [6, 6.07) is 0. The minimum atomic E-state index is -4.41. The summed E-state index contributed by atoms with van der Waals surface area (Å²) in [5.41, 5.74) is -0.822. The van der Waals surface area contributed by atoms with Gasteiger partial charge in [-0.15, -0.1) is 0 Å². The monoisotopic (exact) mass is 361 g/mol. The summed E-state index contributed by atoms with van der Waals surface area (Å²) in [6.07, 6.45) is -0.756. The number of anilines is 1. The van der Waals surface area contributed by atoms with Crippen molar-refractivity contribution in [1.29, 1.82) is 0 Å². The molecule has 1 saturated heterocycles. The molecule has 0 aromatic carbocycles. The molecule has 1 fully saturated rings. The van der Waals surface area contributed by atoms with Crippen LogP contribution in [0.4, 0.5) is 19.1 Å². The Hall–Kier alpha value is -1.15. The molecule has 136 valence electrons. The Kier molecular flexibility index (Phi) is 5.30. The minimum absolute atomic E-state index is 0.0746. The summed E-state index contributed by atoms with van der Waals surface area (Å²) < 4.78 is 44.3. The maximum atomic E-state index is 12.6. The first-order valence-electron chi connectivity index (χ1n) is 8.22. The van der Waals surface area contributed by atoms with Crippen molar-refractivity contribution in [2.45, 2.75) is 64.0 Å². The minimum Gasteiger partial charge on any atom is -0.412 e. The van der Waals surface area contributed by atoms with E-state index in [2.05, 4.69) is 43.8 Å². The van der Waals surface area contributed by atoms with Crippen LogP contribution < -0.4 is 4.90 Å². The van der Waals surface area contributed by atoms with Crippen molar-refractivity contribution in [2.24, 2.45) is 0 Å². The van der Waals surface area contributed by atoms with Crippen LogP contribution in [0, 0.1) is 0 Å². The molecule has 2 rings (SSSR count). The van der Waals surface area contributed by atoms with Gasteiger partial charge in [-0.3, -0.25) is 0 Å². The SMILES string of the molecule is CC(C)(C)[Si](C)(C)O[C@H]1CCCN(c2ncc(C(F)(F)F)cn2)C1. The van der Waals surface area contributed by atoms with Gasteiger partial charge in [0.05, 0.1) is 11.7 Å². The molecule has 1 aliphatic rings. The van der Waals surface area contributed by atoms with Gasteiger partial charge >= 0.3 is 6.18 Å². The van der Waals surface area contributed by atoms with Gasteiger partial charge in [-0.05, 0) is 31.0 Å². The lowest BCUT2D eigenvalue weighted by Crippen LogP contribution is -2.49. The predicted molar refractivity (Wildman–Crippen MR) is 90.6 cm³/mol. The van der Waals surface area contributed by atoms with Crippen LogP contribution in [-0.4, -0.2) is 37.5 Å². The van der Waals surface area contributed by atoms with Crippen LogP contribution in [0.5, 0.6) is 0 Å². The van der Waals surface area contributed by atoms with Gasteiger partial charge in [-0.25, -0.2) is 9.97 Å². The van der Waals surface area contributed by atoms with E-state index >= 15 is 0 Å². The van der Waals surface area contributed by atoms with Crippen LogP contribution in [0.25, 0.3) is 0 Å². The fraction of sp³-hybridized carbons (Fsp3) is 0.750. The average molecular weight is 361 g/mol. The second-order valence-electron chi connectivity index (χ2n) is 7.86. The third-order valence-corrected chi connectivity index (χ3v) is 9.43. The zero-order valence-electron chi connectivity index (χ0n) is 14.9. The van der Waals surface area contributed by atoms with Crippen LogP contribution in [0.15, 0.2) is 12.4 Å². The lowest BCUT2D eigenvalue weighted by molar-refractivity contribution is -0.138. The smallest absolute Gasteiger partial charge is 0.412 e. The maximum absolute atomic E-state index is 12.6. The van der Waals surface area contributed by atoms with Gasteiger partial charge in [0, 0.05) is 25.5 Å². The van der Waals surface area contributed by atoms with Crippen LogP contribution in [0.3, 0.4) is 0 Å². The van der Waals surface area contributed by atoms with Crippen molar-refractivity contribution in [3.05, 3.63) is 18.0 Å². The molecule has 1 aromatic heterocycles. The van der Waals surface area contributed by atoms with Gasteiger partial charge in [-0.1, -0.05) is 20.8 Å². The Balaban J connectivity index is 2.06. The topological polar surface area (TPSA) is 38.2 Å². The molecule has 1 atom stereocenters. The normalized spacial score (nSPS) is 20.3. The fourth-order valence-electron chi connectivity index (χ4n) is 2.44. The maximum Gasteiger partial charge on any atom is 0.419 e. The van der Waals surface area contributed by atoms with E-state index in [1.807, 2.05) is 4.90 Å². The van der Waals surface area contributed by atoms with E-state index in [-0.39, 0.29) is 11.1 Å². The largest absolute Gasteiger partial charge is 0.419 e. The van der Waals surface area contributed by atoms with E-state index in [1.54, 1.807) is 0 Å².